The summed E-state index contributed by atoms with van der Waals surface area (Å²) >= 11 is 1.55. The van der Waals surface area contributed by atoms with Crippen LogP contribution in [0.2, 0.25) is 0 Å². The molecule has 0 unspecified atom stereocenters. The van der Waals surface area contributed by atoms with E-state index in [1.54, 1.807) is 23.5 Å². The molecule has 6 heteroatoms. The number of thiazole rings is 1. The average Bonchev–Trinajstić information content (AvgIpc) is 2.87. The van der Waals surface area contributed by atoms with Crippen LogP contribution in [0.3, 0.4) is 0 Å². The molecule has 0 aliphatic carbocycles. The fraction of sp³-hybridized carbons (Fsp3) is 0.400. The van der Waals surface area contributed by atoms with Crippen molar-refractivity contribution >= 4 is 23.1 Å². The zero-order valence-corrected chi connectivity index (χ0v) is 13.4. The number of carbonyl (C=O) groups excluding carboxylic acids is 1. The Morgan fingerprint density at radius 2 is 2.05 bits per heavy atom. The van der Waals surface area contributed by atoms with E-state index in [4.69, 9.17) is 0 Å². The van der Waals surface area contributed by atoms with Gasteiger partial charge in [-0.15, -0.1) is 11.3 Å². The minimum Gasteiger partial charge on any atom is -0.370 e. The van der Waals surface area contributed by atoms with Crippen LogP contribution in [0.15, 0.2) is 17.5 Å². The van der Waals surface area contributed by atoms with Gasteiger partial charge in [0.05, 0.1) is 6.54 Å². The Hall–Kier alpha value is -1.95. The normalized spacial score (nSPS) is 10.4. The van der Waals surface area contributed by atoms with Crippen LogP contribution in [0.5, 0.6) is 0 Å². The van der Waals surface area contributed by atoms with E-state index >= 15 is 0 Å². The largest absolute Gasteiger partial charge is 0.370 e. The summed E-state index contributed by atoms with van der Waals surface area (Å²) < 4.78 is 0. The molecule has 112 valence electrons. The highest BCUT2D eigenvalue weighted by molar-refractivity contribution is 7.09. The van der Waals surface area contributed by atoms with Crippen LogP contribution in [-0.4, -0.2) is 22.4 Å². The summed E-state index contributed by atoms with van der Waals surface area (Å²) in [6, 6.07) is 3.57. The van der Waals surface area contributed by atoms with Gasteiger partial charge in [-0.25, -0.2) is 9.97 Å². The van der Waals surface area contributed by atoms with Gasteiger partial charge in [-0.1, -0.05) is 6.92 Å². The van der Waals surface area contributed by atoms with Gasteiger partial charge in [-0.3, -0.25) is 4.79 Å². The number of carbonyl (C=O) groups is 1. The molecule has 5 nitrogen and oxygen atoms in total. The van der Waals surface area contributed by atoms with Crippen LogP contribution in [0.25, 0.3) is 0 Å². The number of hydrogen-bond acceptors (Lipinski definition) is 5. The standard InChI is InChI=1S/C15H20N4OS/c1-4-5-16-13-7-12(6-10(2)18-13)15(20)17-8-14-19-11(3)9-21-14/h6-7,9H,4-5,8H2,1-3H3,(H,16,18)(H,17,20). The number of nitrogens with zero attached hydrogens (tertiary/aromatic N) is 2. The minimum absolute atomic E-state index is 0.104. The van der Waals surface area contributed by atoms with Crippen molar-refractivity contribution in [3.63, 3.8) is 0 Å². The molecule has 2 heterocycles. The van der Waals surface area contributed by atoms with E-state index in [1.807, 2.05) is 19.2 Å². The van der Waals surface area contributed by atoms with E-state index in [-0.39, 0.29) is 5.91 Å². The number of anilines is 1. The molecular formula is C15H20N4OS. The van der Waals surface area contributed by atoms with Crippen LogP contribution in [0.1, 0.15) is 40.1 Å². The van der Waals surface area contributed by atoms with Crippen LogP contribution < -0.4 is 10.6 Å². The molecule has 2 aromatic rings. The summed E-state index contributed by atoms with van der Waals surface area (Å²) in [5, 5.41) is 8.99. The molecule has 0 radical (unpaired) electrons. The minimum atomic E-state index is -0.104. The summed E-state index contributed by atoms with van der Waals surface area (Å²) in [5.74, 6) is 0.639. The lowest BCUT2D eigenvalue weighted by Crippen LogP contribution is -2.23. The van der Waals surface area contributed by atoms with Crippen LogP contribution in [0, 0.1) is 13.8 Å². The monoisotopic (exact) mass is 304 g/mol. The fourth-order valence-electron chi connectivity index (χ4n) is 1.89. The molecule has 2 N–H and O–H groups in total. The third kappa shape index (κ3) is 4.53. The number of aromatic nitrogens is 2. The van der Waals surface area contributed by atoms with Gasteiger partial charge in [-0.2, -0.15) is 0 Å². The molecule has 0 saturated heterocycles. The van der Waals surface area contributed by atoms with Gasteiger partial charge in [0.2, 0.25) is 0 Å². The second-order valence-electron chi connectivity index (χ2n) is 4.87. The summed E-state index contributed by atoms with van der Waals surface area (Å²) in [4.78, 5) is 20.9. The van der Waals surface area contributed by atoms with E-state index in [1.165, 1.54) is 0 Å². The zero-order valence-electron chi connectivity index (χ0n) is 12.6. The summed E-state index contributed by atoms with van der Waals surface area (Å²) in [7, 11) is 0. The number of pyridine rings is 1. The summed E-state index contributed by atoms with van der Waals surface area (Å²) in [6.45, 7) is 7.22. The first kappa shape index (κ1) is 15.4. The van der Waals surface area contributed by atoms with Gasteiger partial charge in [0.25, 0.3) is 5.91 Å². The van der Waals surface area contributed by atoms with E-state index in [0.29, 0.717) is 12.1 Å². The van der Waals surface area contributed by atoms with Crippen molar-refractivity contribution in [2.45, 2.75) is 33.7 Å². The highest BCUT2D eigenvalue weighted by Gasteiger charge is 2.09. The van der Waals surface area contributed by atoms with E-state index < -0.39 is 0 Å². The first-order valence-electron chi connectivity index (χ1n) is 7.00. The zero-order chi connectivity index (χ0) is 15.2. The van der Waals surface area contributed by atoms with Crippen LogP contribution >= 0.6 is 11.3 Å². The van der Waals surface area contributed by atoms with Crippen LogP contribution in [-0.2, 0) is 6.54 Å². The molecular weight excluding hydrogens is 284 g/mol. The highest BCUT2D eigenvalue weighted by Crippen LogP contribution is 2.12. The number of nitrogens with one attached hydrogen (secondary N) is 2. The van der Waals surface area contributed by atoms with Gasteiger partial charge < -0.3 is 10.6 Å². The maximum atomic E-state index is 12.2. The van der Waals surface area contributed by atoms with E-state index in [2.05, 4.69) is 27.5 Å². The lowest BCUT2D eigenvalue weighted by atomic mass is 10.2. The highest BCUT2D eigenvalue weighted by atomic mass is 32.1. The molecule has 21 heavy (non-hydrogen) atoms. The van der Waals surface area contributed by atoms with Gasteiger partial charge in [0.15, 0.2) is 0 Å². The Labute approximate surface area is 128 Å². The third-order valence-corrected chi connectivity index (χ3v) is 3.81. The van der Waals surface area contributed by atoms with Crippen molar-refractivity contribution in [1.82, 2.24) is 15.3 Å². The second-order valence-corrected chi connectivity index (χ2v) is 5.82. The lowest BCUT2D eigenvalue weighted by Gasteiger charge is -2.08. The van der Waals surface area contributed by atoms with E-state index in [9.17, 15) is 4.79 Å². The SMILES string of the molecule is CCCNc1cc(C(=O)NCc2nc(C)cs2)cc(C)n1. The first-order chi connectivity index (χ1) is 10.1. The second kappa shape index (κ2) is 7.17. The molecule has 0 aromatic carbocycles. The molecule has 0 fully saturated rings. The lowest BCUT2D eigenvalue weighted by molar-refractivity contribution is 0.0950. The Balaban J connectivity index is 2.02. The fourth-order valence-corrected chi connectivity index (χ4v) is 2.60. The van der Waals surface area contributed by atoms with Gasteiger partial charge in [0, 0.05) is 28.9 Å². The summed E-state index contributed by atoms with van der Waals surface area (Å²) in [6.07, 6.45) is 1.01. The van der Waals surface area contributed by atoms with E-state index in [0.717, 1.165) is 35.2 Å². The van der Waals surface area contributed by atoms with Gasteiger partial charge in [-0.05, 0) is 32.4 Å². The van der Waals surface area contributed by atoms with Crippen molar-refractivity contribution in [1.29, 1.82) is 0 Å². The number of rotatable bonds is 6. The first-order valence-corrected chi connectivity index (χ1v) is 7.88. The number of aryl methyl sites for hydroxylation is 2. The number of hydrogen-bond donors (Lipinski definition) is 2. The molecule has 0 bridgehead atoms. The Bertz CT molecular complexity index is 624. The quantitative estimate of drug-likeness (QED) is 0.861. The third-order valence-electron chi connectivity index (χ3n) is 2.84. The Kier molecular flexibility index (Phi) is 5.27. The molecule has 0 spiro atoms. The van der Waals surface area contributed by atoms with Gasteiger partial charge >= 0.3 is 0 Å². The maximum absolute atomic E-state index is 12.2. The van der Waals surface area contributed by atoms with Crippen LogP contribution in [0.4, 0.5) is 5.82 Å². The number of amides is 1. The van der Waals surface area contributed by atoms with Crippen molar-refractivity contribution in [2.75, 3.05) is 11.9 Å². The molecule has 2 rings (SSSR count). The predicted molar refractivity (Wildman–Crippen MR) is 85.8 cm³/mol. The van der Waals surface area contributed by atoms with Gasteiger partial charge in [0.1, 0.15) is 10.8 Å². The van der Waals surface area contributed by atoms with Crippen molar-refractivity contribution in [2.24, 2.45) is 0 Å². The molecule has 0 atom stereocenters. The molecule has 2 aromatic heterocycles. The predicted octanol–water partition coefficient (Wildman–Crippen LogP) is 2.91. The summed E-state index contributed by atoms with van der Waals surface area (Å²) in [5.41, 5.74) is 2.43. The Morgan fingerprint density at radius 1 is 1.24 bits per heavy atom. The molecule has 0 aliphatic rings. The molecule has 1 amide bonds. The topological polar surface area (TPSA) is 66.9 Å². The van der Waals surface area contributed by atoms with Crippen molar-refractivity contribution in [3.8, 4) is 0 Å². The maximum Gasteiger partial charge on any atom is 0.251 e. The smallest absolute Gasteiger partial charge is 0.251 e. The molecule has 0 saturated carbocycles. The molecule has 0 aliphatic heterocycles. The Morgan fingerprint density at radius 3 is 2.71 bits per heavy atom. The average molecular weight is 304 g/mol. The van der Waals surface area contributed by atoms with Crippen molar-refractivity contribution < 1.29 is 4.79 Å². The van der Waals surface area contributed by atoms with Crippen molar-refractivity contribution in [3.05, 3.63) is 39.5 Å².